The number of aromatic nitrogens is 1. The second-order valence-corrected chi connectivity index (χ2v) is 10.9. The summed E-state index contributed by atoms with van der Waals surface area (Å²) in [6.07, 6.45) is 7.54. The van der Waals surface area contributed by atoms with Crippen molar-refractivity contribution in [3.8, 4) is 11.3 Å². The van der Waals surface area contributed by atoms with Gasteiger partial charge in [0.05, 0.1) is 17.8 Å². The fraction of sp³-hybridized carbons (Fsp3) is 0.333. The zero-order valence-corrected chi connectivity index (χ0v) is 20.7. The minimum absolute atomic E-state index is 0.206. The molecule has 35 heavy (non-hydrogen) atoms. The van der Waals surface area contributed by atoms with Crippen LogP contribution in [0.25, 0.3) is 28.2 Å². The van der Waals surface area contributed by atoms with Gasteiger partial charge in [-0.3, -0.25) is 4.79 Å². The summed E-state index contributed by atoms with van der Waals surface area (Å²) >= 11 is -1.64. The van der Waals surface area contributed by atoms with Crippen LogP contribution in [0.1, 0.15) is 59.5 Å². The van der Waals surface area contributed by atoms with E-state index in [4.69, 9.17) is 0 Å². The summed E-state index contributed by atoms with van der Waals surface area (Å²) < 4.78 is 18.2. The highest BCUT2D eigenvalue weighted by Crippen LogP contribution is 2.46. The monoisotopic (exact) mass is 491 g/mol. The summed E-state index contributed by atoms with van der Waals surface area (Å²) in [5.74, 6) is -1.01. The Morgan fingerprint density at radius 3 is 2.57 bits per heavy atom. The number of benzene rings is 2. The number of amides is 1. The van der Waals surface area contributed by atoms with Gasteiger partial charge in [0.1, 0.15) is 0 Å². The van der Waals surface area contributed by atoms with Gasteiger partial charge < -0.3 is 14.2 Å². The van der Waals surface area contributed by atoms with E-state index in [1.807, 2.05) is 24.3 Å². The molecule has 7 nitrogen and oxygen atoms in total. The van der Waals surface area contributed by atoms with Crippen molar-refractivity contribution in [1.29, 1.82) is 0 Å². The minimum atomic E-state index is -1.64. The molecule has 2 N–H and O–H groups in total. The van der Waals surface area contributed by atoms with Crippen LogP contribution in [0.4, 0.5) is 0 Å². The predicted molar refractivity (Wildman–Crippen MR) is 138 cm³/mol. The molecule has 1 unspecified atom stereocenters. The zero-order chi connectivity index (χ0) is 24.7. The van der Waals surface area contributed by atoms with Crippen LogP contribution < -0.4 is 4.72 Å². The van der Waals surface area contributed by atoms with E-state index in [2.05, 4.69) is 15.4 Å². The Labute approximate surface area is 207 Å². The van der Waals surface area contributed by atoms with Gasteiger partial charge in [-0.2, -0.15) is 0 Å². The van der Waals surface area contributed by atoms with Crippen LogP contribution in [-0.2, 0) is 22.9 Å². The first-order chi connectivity index (χ1) is 16.8. The standard InChI is InChI=1S/C27H29N3O4S/c1-29(2)35(34)28-26(31)19-12-13-22-23(15-19)30-16-20(27(32)33)14-18-10-6-7-11-21(18)25(30)24(22)17-8-4-3-5-9-17/h6-7,10-15,17H,3-5,8-9,16H2,1-2H3,(H,28,31)(H,32,33). The van der Waals surface area contributed by atoms with Gasteiger partial charge in [-0.15, -0.1) is 9.03 Å². The van der Waals surface area contributed by atoms with E-state index >= 15 is 0 Å². The number of nitrogens with zero attached hydrogens (tertiary/aromatic N) is 2. The largest absolute Gasteiger partial charge is 0.573 e. The number of aliphatic carboxylic acids is 1. The fourth-order valence-electron chi connectivity index (χ4n) is 5.38. The highest BCUT2D eigenvalue weighted by atomic mass is 32.2. The van der Waals surface area contributed by atoms with E-state index in [1.54, 1.807) is 32.3 Å². The molecule has 1 atom stereocenters. The maximum Gasteiger partial charge on any atom is 0.333 e. The second kappa shape index (κ2) is 9.53. The van der Waals surface area contributed by atoms with Crippen LogP contribution in [0, 0.1) is 0 Å². The molecule has 0 bridgehead atoms. The smallest absolute Gasteiger partial charge is 0.333 e. The first-order valence-corrected chi connectivity index (χ1v) is 13.1. The normalized spacial score (nSPS) is 16.9. The van der Waals surface area contributed by atoms with Crippen molar-refractivity contribution in [1.82, 2.24) is 13.6 Å². The third-order valence-corrected chi connectivity index (χ3v) is 8.06. The van der Waals surface area contributed by atoms with Gasteiger partial charge >= 0.3 is 5.97 Å². The number of nitrogens with one attached hydrogen (secondary N) is 1. The molecule has 0 saturated heterocycles. The van der Waals surface area contributed by atoms with Crippen molar-refractivity contribution in [2.45, 2.75) is 44.6 Å². The summed E-state index contributed by atoms with van der Waals surface area (Å²) in [6, 6.07) is 13.5. The van der Waals surface area contributed by atoms with Gasteiger partial charge in [0, 0.05) is 36.1 Å². The molecule has 1 aliphatic heterocycles. The molecule has 0 spiro atoms. The van der Waals surface area contributed by atoms with E-state index in [0.717, 1.165) is 40.6 Å². The molecule has 1 aliphatic carbocycles. The van der Waals surface area contributed by atoms with E-state index in [9.17, 15) is 19.2 Å². The van der Waals surface area contributed by atoms with Crippen LogP contribution in [0.5, 0.6) is 0 Å². The SMILES string of the molecule is CN(C)[S+]([O-])NC(=O)c1ccc2c(C3CCCCC3)c3n(c2c1)CC(C(=O)O)=Cc1ccccc1-3. The molecular formula is C27H29N3O4S. The third kappa shape index (κ3) is 4.37. The molecule has 1 aromatic heterocycles. The Bertz CT molecular complexity index is 1340. The number of hydrogen-bond donors (Lipinski definition) is 2. The molecule has 1 fully saturated rings. The summed E-state index contributed by atoms with van der Waals surface area (Å²) in [6.45, 7) is 0.206. The quantitative estimate of drug-likeness (QED) is 0.504. The molecule has 2 heterocycles. The number of carboxylic acids is 1. The van der Waals surface area contributed by atoms with Crippen molar-refractivity contribution < 1.29 is 19.2 Å². The van der Waals surface area contributed by atoms with Gasteiger partial charge in [-0.25, -0.2) is 4.79 Å². The number of rotatable bonds is 5. The Morgan fingerprint density at radius 1 is 1.11 bits per heavy atom. The van der Waals surface area contributed by atoms with Crippen molar-refractivity contribution in [3.05, 3.63) is 64.7 Å². The van der Waals surface area contributed by atoms with Crippen LogP contribution in [0.15, 0.2) is 48.0 Å². The van der Waals surface area contributed by atoms with E-state index in [1.165, 1.54) is 29.1 Å². The molecule has 182 valence electrons. The van der Waals surface area contributed by atoms with E-state index < -0.39 is 23.4 Å². The van der Waals surface area contributed by atoms with Gasteiger partial charge in [0.15, 0.2) is 11.5 Å². The van der Waals surface area contributed by atoms with Crippen molar-refractivity contribution in [3.63, 3.8) is 0 Å². The summed E-state index contributed by atoms with van der Waals surface area (Å²) in [5.41, 5.74) is 5.71. The lowest BCUT2D eigenvalue weighted by atomic mass is 9.81. The molecule has 5 rings (SSSR count). The Kier molecular flexibility index (Phi) is 6.44. The maximum atomic E-state index is 12.9. The summed E-state index contributed by atoms with van der Waals surface area (Å²) in [7, 11) is 3.25. The van der Waals surface area contributed by atoms with Gasteiger partial charge in [0.2, 0.25) is 0 Å². The van der Waals surface area contributed by atoms with Gasteiger partial charge in [-0.05, 0) is 48.1 Å². The number of carbonyl (C=O) groups excluding carboxylic acids is 1. The molecule has 2 aromatic carbocycles. The predicted octanol–water partition coefficient (Wildman–Crippen LogP) is 4.71. The Balaban J connectivity index is 1.74. The number of hydrogen-bond acceptors (Lipinski definition) is 4. The minimum Gasteiger partial charge on any atom is -0.573 e. The van der Waals surface area contributed by atoms with Crippen LogP contribution in [0.3, 0.4) is 0 Å². The van der Waals surface area contributed by atoms with Crippen molar-refractivity contribution >= 4 is 40.4 Å². The van der Waals surface area contributed by atoms with Crippen molar-refractivity contribution in [2.24, 2.45) is 0 Å². The first kappa shape index (κ1) is 23.7. The number of carbonyl (C=O) groups is 2. The Hall–Kier alpha value is -3.07. The highest BCUT2D eigenvalue weighted by Gasteiger charge is 2.30. The second-order valence-electron chi connectivity index (χ2n) is 9.47. The number of carboxylic acid groups (broad SMARTS) is 1. The topological polar surface area (TPSA) is 97.6 Å². The molecule has 2 aliphatic rings. The lowest BCUT2D eigenvalue weighted by molar-refractivity contribution is -0.132. The number of fused-ring (bicyclic) bond motifs is 5. The lowest BCUT2D eigenvalue weighted by Gasteiger charge is -2.24. The molecule has 1 saturated carbocycles. The summed E-state index contributed by atoms with van der Waals surface area (Å²) in [4.78, 5) is 25.0. The van der Waals surface area contributed by atoms with E-state index in [0.29, 0.717) is 17.1 Å². The molecule has 0 radical (unpaired) electrons. The molecular weight excluding hydrogens is 462 g/mol. The maximum absolute atomic E-state index is 12.9. The van der Waals surface area contributed by atoms with Crippen molar-refractivity contribution in [2.75, 3.05) is 14.1 Å². The van der Waals surface area contributed by atoms with E-state index in [-0.39, 0.29) is 6.54 Å². The molecule has 8 heteroatoms. The van der Waals surface area contributed by atoms with Gasteiger partial charge in [-0.1, -0.05) is 49.6 Å². The third-order valence-electron chi connectivity index (χ3n) is 7.04. The average Bonchev–Trinajstić information content (AvgIpc) is 3.06. The zero-order valence-electron chi connectivity index (χ0n) is 19.9. The average molecular weight is 492 g/mol. The molecule has 3 aromatic rings. The van der Waals surface area contributed by atoms with Crippen LogP contribution in [-0.4, -0.2) is 44.5 Å². The fourth-order valence-corrected chi connectivity index (χ4v) is 5.84. The first-order valence-electron chi connectivity index (χ1n) is 11.9. The summed E-state index contributed by atoms with van der Waals surface area (Å²) in [5, 5.41) is 11.0. The van der Waals surface area contributed by atoms with Crippen LogP contribution in [0.2, 0.25) is 0 Å². The highest BCUT2D eigenvalue weighted by molar-refractivity contribution is 7.87. The Morgan fingerprint density at radius 2 is 1.86 bits per heavy atom. The van der Waals surface area contributed by atoms with Crippen LogP contribution >= 0.6 is 0 Å². The lowest BCUT2D eigenvalue weighted by Crippen LogP contribution is -2.39. The van der Waals surface area contributed by atoms with Gasteiger partial charge in [0.25, 0.3) is 5.91 Å². The molecule has 1 amide bonds.